The fraction of sp³-hybridized carbons (Fsp3) is 0.526. The van der Waals surface area contributed by atoms with Crippen molar-refractivity contribution in [2.75, 3.05) is 18.0 Å². The number of carbonyl (C=O) groups is 1. The van der Waals surface area contributed by atoms with Crippen LogP contribution in [0.4, 0.5) is 5.95 Å². The molecule has 1 unspecified atom stereocenters. The summed E-state index contributed by atoms with van der Waals surface area (Å²) in [6.07, 6.45) is 6.13. The molecular formula is C19H24N4OS. The van der Waals surface area contributed by atoms with Crippen LogP contribution in [0.15, 0.2) is 35.5 Å². The molecule has 2 heterocycles. The van der Waals surface area contributed by atoms with Gasteiger partial charge in [0.15, 0.2) is 10.9 Å². The van der Waals surface area contributed by atoms with Gasteiger partial charge in [0.05, 0.1) is 5.25 Å². The van der Waals surface area contributed by atoms with Gasteiger partial charge >= 0.3 is 0 Å². The third-order valence-corrected chi connectivity index (χ3v) is 5.96. The Morgan fingerprint density at radius 1 is 1.12 bits per heavy atom. The molecule has 5 nitrogen and oxygen atoms in total. The number of hydrogen-bond donors (Lipinski definition) is 0. The number of rotatable bonds is 6. The number of piperidine rings is 1. The number of aromatic nitrogens is 3. The molecule has 132 valence electrons. The van der Waals surface area contributed by atoms with Crippen LogP contribution in [0.2, 0.25) is 0 Å². The van der Waals surface area contributed by atoms with Crippen LogP contribution in [-0.4, -0.2) is 38.9 Å². The van der Waals surface area contributed by atoms with Gasteiger partial charge in [0.2, 0.25) is 5.95 Å². The Bertz CT molecular complexity index is 735. The first-order chi connectivity index (χ1) is 12.2. The highest BCUT2D eigenvalue weighted by atomic mass is 32.2. The van der Waals surface area contributed by atoms with Crippen LogP contribution in [-0.2, 0) is 0 Å². The molecule has 0 radical (unpaired) electrons. The maximum Gasteiger partial charge on any atom is 0.228 e. The van der Waals surface area contributed by atoms with Gasteiger partial charge in [-0.05, 0) is 39.0 Å². The van der Waals surface area contributed by atoms with Gasteiger partial charge in [0.25, 0.3) is 0 Å². The molecule has 0 spiro atoms. The fourth-order valence-electron chi connectivity index (χ4n) is 3.36. The van der Waals surface area contributed by atoms with E-state index >= 15 is 0 Å². The number of nitrogens with zero attached hydrogens (tertiary/aromatic N) is 4. The number of benzene rings is 1. The molecule has 1 aliphatic carbocycles. The van der Waals surface area contributed by atoms with E-state index in [-0.39, 0.29) is 11.0 Å². The summed E-state index contributed by atoms with van der Waals surface area (Å²) in [5.41, 5.74) is 0.760. The molecule has 6 heteroatoms. The van der Waals surface area contributed by atoms with Crippen molar-refractivity contribution in [3.63, 3.8) is 0 Å². The number of anilines is 1. The Balaban J connectivity index is 1.54. The van der Waals surface area contributed by atoms with Crippen LogP contribution in [0.1, 0.15) is 55.4 Å². The van der Waals surface area contributed by atoms with E-state index in [4.69, 9.17) is 0 Å². The van der Waals surface area contributed by atoms with E-state index in [2.05, 4.69) is 19.7 Å². The van der Waals surface area contributed by atoms with Gasteiger partial charge in [0.1, 0.15) is 0 Å². The van der Waals surface area contributed by atoms with E-state index in [0.29, 0.717) is 6.04 Å². The van der Waals surface area contributed by atoms with Crippen LogP contribution in [0.5, 0.6) is 0 Å². The fourth-order valence-corrected chi connectivity index (χ4v) is 4.35. The first-order valence-corrected chi connectivity index (χ1v) is 10.1. The molecule has 1 aromatic heterocycles. The zero-order chi connectivity index (χ0) is 17.2. The first kappa shape index (κ1) is 16.6. The largest absolute Gasteiger partial charge is 0.341 e. The van der Waals surface area contributed by atoms with Crippen molar-refractivity contribution in [2.24, 2.45) is 0 Å². The van der Waals surface area contributed by atoms with Crippen molar-refractivity contribution in [1.29, 1.82) is 0 Å². The van der Waals surface area contributed by atoms with Crippen LogP contribution in [0, 0.1) is 0 Å². The molecular weight excluding hydrogens is 332 g/mol. The van der Waals surface area contributed by atoms with E-state index in [1.54, 1.807) is 0 Å². The van der Waals surface area contributed by atoms with Gasteiger partial charge in [-0.25, -0.2) is 0 Å². The van der Waals surface area contributed by atoms with Gasteiger partial charge in [-0.15, -0.1) is 10.2 Å². The lowest BCUT2D eigenvalue weighted by atomic mass is 10.1. The summed E-state index contributed by atoms with van der Waals surface area (Å²) >= 11 is 1.54. The van der Waals surface area contributed by atoms with Crippen molar-refractivity contribution in [1.82, 2.24) is 14.8 Å². The molecule has 25 heavy (non-hydrogen) atoms. The summed E-state index contributed by atoms with van der Waals surface area (Å²) in [7, 11) is 0. The van der Waals surface area contributed by atoms with E-state index in [9.17, 15) is 4.79 Å². The summed E-state index contributed by atoms with van der Waals surface area (Å²) in [4.78, 5) is 15.0. The van der Waals surface area contributed by atoms with Crippen LogP contribution < -0.4 is 4.90 Å². The number of carbonyl (C=O) groups excluding carboxylic acids is 1. The normalized spacial score (nSPS) is 19.0. The molecule has 1 atom stereocenters. The minimum atomic E-state index is -0.168. The molecule has 2 aliphatic rings. The van der Waals surface area contributed by atoms with Gasteiger partial charge in [-0.2, -0.15) is 0 Å². The molecule has 0 amide bonds. The lowest BCUT2D eigenvalue weighted by Gasteiger charge is -2.28. The van der Waals surface area contributed by atoms with E-state index in [1.807, 2.05) is 37.3 Å². The van der Waals surface area contributed by atoms with Gasteiger partial charge in [-0.1, -0.05) is 42.1 Å². The Morgan fingerprint density at radius 2 is 1.84 bits per heavy atom. The second-order valence-corrected chi connectivity index (χ2v) is 8.23. The van der Waals surface area contributed by atoms with Crippen molar-refractivity contribution >= 4 is 23.5 Å². The molecule has 2 fully saturated rings. The molecule has 1 saturated heterocycles. The number of ketones is 1. The maximum atomic E-state index is 12.7. The molecule has 1 aliphatic heterocycles. The zero-order valence-electron chi connectivity index (χ0n) is 14.6. The van der Waals surface area contributed by atoms with Crippen LogP contribution in [0.25, 0.3) is 0 Å². The standard InChI is InChI=1S/C19H24N4OS/c1-14(17(24)15-8-4-2-5-9-15)25-19-21-20-18(23(19)16-10-11-16)22-12-6-3-7-13-22/h2,4-5,8-9,14,16H,3,6-7,10-13H2,1H3. The molecule has 4 rings (SSSR count). The molecule has 0 bridgehead atoms. The van der Waals surface area contributed by atoms with Crippen molar-refractivity contribution < 1.29 is 4.79 Å². The average Bonchev–Trinajstić information content (AvgIpc) is 3.42. The second-order valence-electron chi connectivity index (χ2n) is 6.92. The molecule has 2 aromatic rings. The molecule has 1 saturated carbocycles. The van der Waals surface area contributed by atoms with Gasteiger partial charge in [0, 0.05) is 24.7 Å². The van der Waals surface area contributed by atoms with E-state index in [0.717, 1.165) is 29.8 Å². The minimum absolute atomic E-state index is 0.149. The maximum absolute atomic E-state index is 12.7. The SMILES string of the molecule is CC(Sc1nnc(N2CCCCC2)n1C1CC1)C(=O)c1ccccc1. The highest BCUT2D eigenvalue weighted by molar-refractivity contribution is 8.00. The lowest BCUT2D eigenvalue weighted by Crippen LogP contribution is -2.32. The topological polar surface area (TPSA) is 51.0 Å². The zero-order valence-corrected chi connectivity index (χ0v) is 15.4. The third kappa shape index (κ3) is 3.59. The minimum Gasteiger partial charge on any atom is -0.341 e. The summed E-state index contributed by atoms with van der Waals surface area (Å²) in [6.45, 7) is 4.09. The van der Waals surface area contributed by atoms with E-state index < -0.39 is 0 Å². The summed E-state index contributed by atoms with van der Waals surface area (Å²) in [5, 5.41) is 9.66. The van der Waals surface area contributed by atoms with Crippen molar-refractivity contribution in [3.05, 3.63) is 35.9 Å². The number of hydrogen-bond acceptors (Lipinski definition) is 5. The third-order valence-electron chi connectivity index (χ3n) is 4.91. The summed E-state index contributed by atoms with van der Waals surface area (Å²) in [6, 6.07) is 10.0. The Kier molecular flexibility index (Phi) is 4.79. The molecule has 1 aromatic carbocycles. The Hall–Kier alpha value is -1.82. The van der Waals surface area contributed by atoms with Crippen molar-refractivity contribution in [3.8, 4) is 0 Å². The highest BCUT2D eigenvalue weighted by Gasteiger charge is 2.33. The molecule has 0 N–H and O–H groups in total. The average molecular weight is 356 g/mol. The monoisotopic (exact) mass is 356 g/mol. The number of thioether (sulfide) groups is 1. The Labute approximate surface area is 152 Å². The van der Waals surface area contributed by atoms with Crippen LogP contribution >= 0.6 is 11.8 Å². The lowest BCUT2D eigenvalue weighted by molar-refractivity contribution is 0.0994. The summed E-state index contributed by atoms with van der Waals surface area (Å²) in [5.74, 6) is 1.15. The second kappa shape index (κ2) is 7.20. The highest BCUT2D eigenvalue weighted by Crippen LogP contribution is 2.42. The van der Waals surface area contributed by atoms with Gasteiger partial charge < -0.3 is 4.90 Å². The van der Waals surface area contributed by atoms with E-state index in [1.165, 1.54) is 43.9 Å². The number of Topliss-reactive ketones (excluding diaryl/α,β-unsaturated/α-hetero) is 1. The predicted molar refractivity (Wildman–Crippen MR) is 100 cm³/mol. The first-order valence-electron chi connectivity index (χ1n) is 9.20. The van der Waals surface area contributed by atoms with Crippen molar-refractivity contribution in [2.45, 2.75) is 55.5 Å². The van der Waals surface area contributed by atoms with Gasteiger partial charge in [-0.3, -0.25) is 9.36 Å². The smallest absolute Gasteiger partial charge is 0.228 e. The quantitative estimate of drug-likeness (QED) is 0.579. The van der Waals surface area contributed by atoms with Crippen LogP contribution in [0.3, 0.4) is 0 Å². The summed E-state index contributed by atoms with van der Waals surface area (Å²) < 4.78 is 2.28. The predicted octanol–water partition coefficient (Wildman–Crippen LogP) is 3.97. The Morgan fingerprint density at radius 3 is 2.52 bits per heavy atom.